The van der Waals surface area contributed by atoms with Gasteiger partial charge in [-0.25, -0.2) is 0 Å². The number of ketones is 1. The number of halogens is 1. The molecule has 1 unspecified atom stereocenters. The predicted molar refractivity (Wildman–Crippen MR) is 134 cm³/mol. The topological polar surface area (TPSA) is 76.1 Å². The molecule has 0 aliphatic carbocycles. The molecule has 1 amide bonds. The van der Waals surface area contributed by atoms with Gasteiger partial charge in [0, 0.05) is 11.3 Å². The van der Waals surface area contributed by atoms with Gasteiger partial charge in [-0.05, 0) is 75.9 Å². The summed E-state index contributed by atoms with van der Waals surface area (Å²) in [4.78, 5) is 28.0. The Hall–Kier alpha value is -3.58. The maximum absolute atomic E-state index is 13.3. The van der Waals surface area contributed by atoms with Crippen molar-refractivity contribution >= 4 is 39.1 Å². The fraction of sp³-hybridized carbons (Fsp3) is 0.185. The summed E-state index contributed by atoms with van der Waals surface area (Å²) >= 11 is 3.41. The summed E-state index contributed by atoms with van der Waals surface area (Å²) in [5.74, 6) is -0.556. The number of nitrogens with zero attached hydrogens (tertiary/aromatic N) is 1. The molecule has 0 bridgehead atoms. The van der Waals surface area contributed by atoms with Gasteiger partial charge in [-0.3, -0.25) is 14.5 Å². The lowest BCUT2D eigenvalue weighted by Crippen LogP contribution is -2.29. The van der Waals surface area contributed by atoms with E-state index in [0.29, 0.717) is 32.8 Å². The minimum atomic E-state index is -0.830. The quantitative estimate of drug-likeness (QED) is 0.257. The number of anilines is 1. The number of ether oxygens (including phenoxy) is 2. The van der Waals surface area contributed by atoms with Crippen LogP contribution >= 0.6 is 15.9 Å². The fourth-order valence-electron chi connectivity index (χ4n) is 4.09. The highest BCUT2D eigenvalue weighted by Gasteiger charge is 2.47. The Morgan fingerprint density at radius 3 is 2.35 bits per heavy atom. The molecule has 4 rings (SSSR count). The molecule has 0 radical (unpaired) electrons. The highest BCUT2D eigenvalue weighted by atomic mass is 79.9. The number of amides is 1. The fourth-order valence-corrected chi connectivity index (χ4v) is 4.63. The van der Waals surface area contributed by atoms with E-state index < -0.39 is 17.7 Å². The third-order valence-corrected chi connectivity index (χ3v) is 6.52. The van der Waals surface area contributed by atoms with Crippen LogP contribution in [0.5, 0.6) is 11.5 Å². The van der Waals surface area contributed by atoms with Crippen LogP contribution in [-0.4, -0.2) is 31.0 Å². The van der Waals surface area contributed by atoms with Crippen LogP contribution in [0.3, 0.4) is 0 Å². The number of carbonyl (C=O) groups is 2. The molecule has 1 N–H and O–H groups in total. The number of carbonyl (C=O) groups excluding carboxylic acids is 2. The second-order valence-electron chi connectivity index (χ2n) is 7.82. The molecule has 1 heterocycles. The number of benzene rings is 3. The van der Waals surface area contributed by atoms with Crippen LogP contribution in [0, 0.1) is 0 Å². The van der Waals surface area contributed by atoms with Crippen LogP contribution in [-0.2, 0) is 16.0 Å². The van der Waals surface area contributed by atoms with Crippen molar-refractivity contribution in [3.05, 3.63) is 93.5 Å². The third kappa shape index (κ3) is 4.19. The first-order chi connectivity index (χ1) is 16.4. The highest BCUT2D eigenvalue weighted by Crippen LogP contribution is 2.43. The summed E-state index contributed by atoms with van der Waals surface area (Å²) in [6, 6.07) is 18.8. The molecular weight excluding hydrogens is 498 g/mol. The number of aryl methyl sites for hydroxylation is 1. The number of aliphatic hydroxyl groups excluding tert-OH is 1. The summed E-state index contributed by atoms with van der Waals surface area (Å²) in [6.07, 6.45) is 0.852. The molecule has 1 atom stereocenters. The molecule has 3 aromatic carbocycles. The van der Waals surface area contributed by atoms with E-state index in [0.717, 1.165) is 12.0 Å². The van der Waals surface area contributed by atoms with Crippen LogP contribution in [0.4, 0.5) is 5.69 Å². The van der Waals surface area contributed by atoms with E-state index in [1.165, 1.54) is 12.0 Å². The molecule has 1 fully saturated rings. The first-order valence-electron chi connectivity index (χ1n) is 10.8. The molecule has 0 saturated carbocycles. The molecule has 1 aliphatic heterocycles. The molecule has 1 saturated heterocycles. The van der Waals surface area contributed by atoms with Gasteiger partial charge in [0.15, 0.2) is 0 Å². The van der Waals surface area contributed by atoms with Crippen molar-refractivity contribution in [2.24, 2.45) is 0 Å². The minimum absolute atomic E-state index is 0.00916. The Morgan fingerprint density at radius 1 is 1.00 bits per heavy atom. The van der Waals surface area contributed by atoms with Gasteiger partial charge < -0.3 is 14.6 Å². The number of aliphatic hydroxyl groups is 1. The standard InChI is InChI=1S/C27H24BrNO5/c1-4-16-8-11-19(12-9-16)29-24(17-6-5-7-20(14-17)33-2)23(26(31)27(29)32)25(30)18-10-13-22(34-3)21(28)15-18/h5-15,24,30H,4H2,1-3H3/b25-23-. The molecule has 7 heteroatoms. The molecule has 174 valence electrons. The zero-order valence-corrected chi connectivity index (χ0v) is 20.6. The van der Waals surface area contributed by atoms with Gasteiger partial charge in [0.1, 0.15) is 17.3 Å². The largest absolute Gasteiger partial charge is 0.507 e. The number of hydrogen-bond donors (Lipinski definition) is 1. The van der Waals surface area contributed by atoms with E-state index in [9.17, 15) is 14.7 Å². The molecule has 3 aromatic rings. The molecule has 34 heavy (non-hydrogen) atoms. The van der Waals surface area contributed by atoms with Crippen LogP contribution in [0.1, 0.15) is 29.7 Å². The average molecular weight is 522 g/mol. The number of hydrogen-bond acceptors (Lipinski definition) is 5. The summed E-state index contributed by atoms with van der Waals surface area (Å²) in [5, 5.41) is 11.3. The zero-order chi connectivity index (χ0) is 24.4. The van der Waals surface area contributed by atoms with Crippen molar-refractivity contribution in [1.29, 1.82) is 0 Å². The lowest BCUT2D eigenvalue weighted by molar-refractivity contribution is -0.132. The average Bonchev–Trinajstić information content (AvgIpc) is 3.13. The molecule has 1 aliphatic rings. The van der Waals surface area contributed by atoms with Gasteiger partial charge in [-0.1, -0.05) is 31.2 Å². The van der Waals surface area contributed by atoms with E-state index in [4.69, 9.17) is 9.47 Å². The molecule has 6 nitrogen and oxygen atoms in total. The highest BCUT2D eigenvalue weighted by molar-refractivity contribution is 9.10. The summed E-state index contributed by atoms with van der Waals surface area (Å²) < 4.78 is 11.3. The lowest BCUT2D eigenvalue weighted by atomic mass is 9.95. The SMILES string of the molecule is CCc1ccc(N2C(=O)C(=O)/C(=C(\O)c3ccc(OC)c(Br)c3)C2c2cccc(OC)c2)cc1. The van der Waals surface area contributed by atoms with Crippen LogP contribution in [0.2, 0.25) is 0 Å². The van der Waals surface area contributed by atoms with Crippen molar-refractivity contribution < 1.29 is 24.2 Å². The van der Waals surface area contributed by atoms with E-state index in [-0.39, 0.29) is 11.3 Å². The summed E-state index contributed by atoms with van der Waals surface area (Å²) in [6.45, 7) is 2.05. The first-order valence-corrected chi connectivity index (χ1v) is 11.6. The van der Waals surface area contributed by atoms with Gasteiger partial charge in [0.05, 0.1) is 30.3 Å². The predicted octanol–water partition coefficient (Wildman–Crippen LogP) is 5.66. The first kappa shape index (κ1) is 23.6. The lowest BCUT2D eigenvalue weighted by Gasteiger charge is -2.26. The Labute approximate surface area is 206 Å². The monoisotopic (exact) mass is 521 g/mol. The van der Waals surface area contributed by atoms with Crippen LogP contribution < -0.4 is 14.4 Å². The number of rotatable bonds is 6. The Morgan fingerprint density at radius 2 is 1.74 bits per heavy atom. The molecular formula is C27H24BrNO5. The Kier molecular flexibility index (Phi) is 6.75. The minimum Gasteiger partial charge on any atom is -0.507 e. The van der Waals surface area contributed by atoms with Gasteiger partial charge in [0.2, 0.25) is 0 Å². The van der Waals surface area contributed by atoms with Gasteiger partial charge >= 0.3 is 0 Å². The van der Waals surface area contributed by atoms with E-state index in [2.05, 4.69) is 15.9 Å². The van der Waals surface area contributed by atoms with Crippen LogP contribution in [0.25, 0.3) is 5.76 Å². The third-order valence-electron chi connectivity index (χ3n) is 5.90. The zero-order valence-electron chi connectivity index (χ0n) is 19.0. The Bertz CT molecular complexity index is 1280. The van der Waals surface area contributed by atoms with Gasteiger partial charge in [0.25, 0.3) is 11.7 Å². The molecule has 0 spiro atoms. The molecule has 0 aromatic heterocycles. The maximum Gasteiger partial charge on any atom is 0.300 e. The van der Waals surface area contributed by atoms with E-state index >= 15 is 0 Å². The smallest absolute Gasteiger partial charge is 0.300 e. The number of methoxy groups -OCH3 is 2. The van der Waals surface area contributed by atoms with Crippen molar-refractivity contribution in [2.75, 3.05) is 19.1 Å². The van der Waals surface area contributed by atoms with Crippen molar-refractivity contribution in [1.82, 2.24) is 0 Å². The second kappa shape index (κ2) is 9.73. The summed E-state index contributed by atoms with van der Waals surface area (Å²) in [5.41, 5.74) is 2.73. The Balaban J connectivity index is 1.93. The van der Waals surface area contributed by atoms with E-state index in [1.54, 1.807) is 43.5 Å². The van der Waals surface area contributed by atoms with Crippen LogP contribution in [0.15, 0.2) is 76.8 Å². The maximum atomic E-state index is 13.3. The van der Waals surface area contributed by atoms with Crippen molar-refractivity contribution in [3.63, 3.8) is 0 Å². The van der Waals surface area contributed by atoms with Gasteiger partial charge in [-0.15, -0.1) is 0 Å². The second-order valence-corrected chi connectivity index (χ2v) is 8.67. The van der Waals surface area contributed by atoms with E-state index in [1.807, 2.05) is 37.3 Å². The summed E-state index contributed by atoms with van der Waals surface area (Å²) in [7, 11) is 3.09. The van der Waals surface area contributed by atoms with Crippen molar-refractivity contribution in [2.45, 2.75) is 19.4 Å². The van der Waals surface area contributed by atoms with Gasteiger partial charge in [-0.2, -0.15) is 0 Å². The normalized spacial score (nSPS) is 17.2. The number of Topliss-reactive ketones (excluding diaryl/α,β-unsaturated/α-hetero) is 1. The van der Waals surface area contributed by atoms with Crippen molar-refractivity contribution in [3.8, 4) is 11.5 Å².